The molecule has 100 valence electrons. The molecule has 3 nitrogen and oxygen atoms in total. The van der Waals surface area contributed by atoms with E-state index in [9.17, 15) is 0 Å². The van der Waals surface area contributed by atoms with Gasteiger partial charge in [-0.2, -0.15) is 0 Å². The van der Waals surface area contributed by atoms with E-state index in [4.69, 9.17) is 16.3 Å². The lowest BCUT2D eigenvalue weighted by molar-refractivity contribution is 0.415. The molecule has 0 spiro atoms. The zero-order valence-electron chi connectivity index (χ0n) is 10.7. The molecule has 0 saturated carbocycles. The number of nitrogens with zero attached hydrogens (tertiary/aromatic N) is 2. The number of halogens is 1. The van der Waals surface area contributed by atoms with E-state index in [1.165, 1.54) is 11.3 Å². The molecule has 0 fully saturated rings. The molecule has 0 N–H and O–H groups in total. The van der Waals surface area contributed by atoms with Crippen LogP contribution >= 0.6 is 22.9 Å². The van der Waals surface area contributed by atoms with Gasteiger partial charge in [0.15, 0.2) is 0 Å². The van der Waals surface area contributed by atoms with Gasteiger partial charge < -0.3 is 4.74 Å². The second-order valence-corrected chi connectivity index (χ2v) is 5.51. The molecule has 3 aromatic rings. The number of benzene rings is 2. The Labute approximate surface area is 125 Å². The summed E-state index contributed by atoms with van der Waals surface area (Å²) in [4.78, 5) is 0. The Hall–Kier alpha value is -1.91. The highest BCUT2D eigenvalue weighted by Crippen LogP contribution is 2.33. The Morgan fingerprint density at radius 1 is 0.950 bits per heavy atom. The SMILES string of the molecule is COc1ccc(-c2nnc(-c3ccccc3Cl)s2)cc1. The number of hydrogen-bond donors (Lipinski definition) is 0. The molecule has 0 unspecified atom stereocenters. The van der Waals surface area contributed by atoms with Gasteiger partial charge in [-0.3, -0.25) is 0 Å². The van der Waals surface area contributed by atoms with E-state index < -0.39 is 0 Å². The van der Waals surface area contributed by atoms with Gasteiger partial charge >= 0.3 is 0 Å². The fourth-order valence-corrected chi connectivity index (χ4v) is 2.99. The van der Waals surface area contributed by atoms with Gasteiger partial charge in [-0.05, 0) is 30.3 Å². The van der Waals surface area contributed by atoms with Crippen molar-refractivity contribution in [1.29, 1.82) is 0 Å². The van der Waals surface area contributed by atoms with Crippen LogP contribution in [0.3, 0.4) is 0 Å². The molecule has 20 heavy (non-hydrogen) atoms. The van der Waals surface area contributed by atoms with Crippen molar-refractivity contribution < 1.29 is 4.74 Å². The van der Waals surface area contributed by atoms with Crippen LogP contribution in [0.25, 0.3) is 21.1 Å². The van der Waals surface area contributed by atoms with Gasteiger partial charge in [-0.25, -0.2) is 0 Å². The molecule has 0 radical (unpaired) electrons. The third kappa shape index (κ3) is 2.53. The third-order valence-corrected chi connectivity index (χ3v) is 4.20. The van der Waals surface area contributed by atoms with Crippen LogP contribution in [-0.4, -0.2) is 17.3 Å². The molecule has 3 rings (SSSR count). The van der Waals surface area contributed by atoms with E-state index in [2.05, 4.69) is 10.2 Å². The van der Waals surface area contributed by atoms with Gasteiger partial charge in [-0.15, -0.1) is 10.2 Å². The van der Waals surface area contributed by atoms with Crippen molar-refractivity contribution in [3.05, 3.63) is 53.6 Å². The lowest BCUT2D eigenvalue weighted by Crippen LogP contribution is -1.82. The minimum Gasteiger partial charge on any atom is -0.497 e. The first-order valence-electron chi connectivity index (χ1n) is 6.01. The molecule has 1 aromatic heterocycles. The number of rotatable bonds is 3. The quantitative estimate of drug-likeness (QED) is 0.713. The summed E-state index contributed by atoms with van der Waals surface area (Å²) in [7, 11) is 1.65. The van der Waals surface area contributed by atoms with Crippen LogP contribution in [0.5, 0.6) is 5.75 Å². The molecule has 5 heteroatoms. The van der Waals surface area contributed by atoms with E-state index in [0.717, 1.165) is 26.9 Å². The minimum absolute atomic E-state index is 0.685. The molecule has 0 bridgehead atoms. The summed E-state index contributed by atoms with van der Waals surface area (Å²) in [6.07, 6.45) is 0. The average Bonchev–Trinajstić information content (AvgIpc) is 2.97. The Balaban J connectivity index is 1.95. The standard InChI is InChI=1S/C15H11ClN2OS/c1-19-11-8-6-10(7-9-11)14-17-18-15(20-14)12-4-2-3-5-13(12)16/h2-9H,1H3. The van der Waals surface area contributed by atoms with Crippen LogP contribution in [0.2, 0.25) is 5.02 Å². The molecule has 2 aromatic carbocycles. The summed E-state index contributed by atoms with van der Waals surface area (Å²) in [5.74, 6) is 0.824. The summed E-state index contributed by atoms with van der Waals surface area (Å²) in [5, 5.41) is 10.8. The molecule has 0 amide bonds. The fraction of sp³-hybridized carbons (Fsp3) is 0.0667. The first kappa shape index (κ1) is 13.1. The molecule has 0 saturated heterocycles. The Morgan fingerprint density at radius 2 is 1.65 bits per heavy atom. The van der Waals surface area contributed by atoms with Crippen molar-refractivity contribution >= 4 is 22.9 Å². The number of ether oxygens (including phenoxy) is 1. The van der Waals surface area contributed by atoms with Crippen LogP contribution < -0.4 is 4.74 Å². The maximum atomic E-state index is 6.18. The van der Waals surface area contributed by atoms with E-state index in [0.29, 0.717) is 5.02 Å². The second kappa shape index (κ2) is 5.61. The summed E-state index contributed by atoms with van der Waals surface area (Å²) in [6.45, 7) is 0. The lowest BCUT2D eigenvalue weighted by Gasteiger charge is -1.99. The average molecular weight is 303 g/mol. The van der Waals surface area contributed by atoms with Crippen molar-refractivity contribution in [2.75, 3.05) is 7.11 Å². The maximum absolute atomic E-state index is 6.18. The van der Waals surface area contributed by atoms with Crippen molar-refractivity contribution in [2.45, 2.75) is 0 Å². The normalized spacial score (nSPS) is 10.5. The number of aromatic nitrogens is 2. The van der Waals surface area contributed by atoms with Crippen molar-refractivity contribution in [3.8, 4) is 26.9 Å². The highest BCUT2D eigenvalue weighted by molar-refractivity contribution is 7.18. The molecule has 1 heterocycles. The molecule has 0 aliphatic carbocycles. The van der Waals surface area contributed by atoms with Gasteiger partial charge in [0.05, 0.1) is 12.1 Å². The largest absolute Gasteiger partial charge is 0.497 e. The minimum atomic E-state index is 0.685. The lowest BCUT2D eigenvalue weighted by atomic mass is 10.2. The first-order chi connectivity index (χ1) is 9.78. The topological polar surface area (TPSA) is 35.0 Å². The summed E-state index contributed by atoms with van der Waals surface area (Å²) < 4.78 is 5.15. The van der Waals surface area contributed by atoms with E-state index in [-0.39, 0.29) is 0 Å². The molecule has 0 aliphatic heterocycles. The highest BCUT2D eigenvalue weighted by Gasteiger charge is 2.10. The smallest absolute Gasteiger partial charge is 0.149 e. The molecular formula is C15H11ClN2OS. The van der Waals surface area contributed by atoms with Crippen LogP contribution in [0.1, 0.15) is 0 Å². The van der Waals surface area contributed by atoms with Crippen molar-refractivity contribution in [3.63, 3.8) is 0 Å². The first-order valence-corrected chi connectivity index (χ1v) is 7.20. The Kier molecular flexibility index (Phi) is 3.67. The molecule has 0 atom stereocenters. The Morgan fingerprint density at radius 3 is 2.35 bits per heavy atom. The van der Waals surface area contributed by atoms with Gasteiger partial charge in [0.25, 0.3) is 0 Å². The van der Waals surface area contributed by atoms with Crippen LogP contribution in [0, 0.1) is 0 Å². The van der Waals surface area contributed by atoms with E-state index >= 15 is 0 Å². The van der Waals surface area contributed by atoms with Crippen LogP contribution in [0.15, 0.2) is 48.5 Å². The summed E-state index contributed by atoms with van der Waals surface area (Å²) in [6, 6.07) is 15.4. The van der Waals surface area contributed by atoms with Crippen LogP contribution in [-0.2, 0) is 0 Å². The van der Waals surface area contributed by atoms with E-state index in [1.54, 1.807) is 7.11 Å². The summed E-state index contributed by atoms with van der Waals surface area (Å²) in [5.41, 5.74) is 1.92. The van der Waals surface area contributed by atoms with E-state index in [1.807, 2.05) is 48.5 Å². The number of methoxy groups -OCH3 is 1. The van der Waals surface area contributed by atoms with Crippen LogP contribution in [0.4, 0.5) is 0 Å². The molecule has 0 aliphatic rings. The van der Waals surface area contributed by atoms with Gasteiger partial charge in [0.2, 0.25) is 0 Å². The number of hydrogen-bond acceptors (Lipinski definition) is 4. The van der Waals surface area contributed by atoms with Crippen molar-refractivity contribution in [1.82, 2.24) is 10.2 Å². The predicted molar refractivity (Wildman–Crippen MR) is 82.3 cm³/mol. The monoisotopic (exact) mass is 302 g/mol. The zero-order chi connectivity index (χ0) is 13.9. The van der Waals surface area contributed by atoms with Gasteiger partial charge in [0, 0.05) is 11.1 Å². The Bertz CT molecular complexity index is 725. The fourth-order valence-electron chi connectivity index (χ4n) is 1.82. The maximum Gasteiger partial charge on any atom is 0.149 e. The summed E-state index contributed by atoms with van der Waals surface area (Å²) >= 11 is 7.70. The third-order valence-electron chi connectivity index (χ3n) is 2.87. The van der Waals surface area contributed by atoms with Gasteiger partial charge in [-0.1, -0.05) is 41.1 Å². The van der Waals surface area contributed by atoms with Gasteiger partial charge in [0.1, 0.15) is 15.8 Å². The zero-order valence-corrected chi connectivity index (χ0v) is 12.3. The second-order valence-electron chi connectivity index (χ2n) is 4.12. The molecular weight excluding hydrogens is 292 g/mol. The highest BCUT2D eigenvalue weighted by atomic mass is 35.5. The van der Waals surface area contributed by atoms with Crippen molar-refractivity contribution in [2.24, 2.45) is 0 Å². The predicted octanol–water partition coefficient (Wildman–Crippen LogP) is 4.53.